The zero-order valence-corrected chi connectivity index (χ0v) is 15.7. The summed E-state index contributed by atoms with van der Waals surface area (Å²) in [7, 11) is 0. The Morgan fingerprint density at radius 3 is 2.74 bits per heavy atom. The predicted molar refractivity (Wildman–Crippen MR) is 107 cm³/mol. The number of benzene rings is 1. The lowest BCUT2D eigenvalue weighted by Gasteiger charge is -2.09. The average molecular weight is 363 g/mol. The maximum Gasteiger partial charge on any atom is 0.326 e. The van der Waals surface area contributed by atoms with E-state index in [-0.39, 0.29) is 11.5 Å². The molecular formula is C22H22FN3O. The summed E-state index contributed by atoms with van der Waals surface area (Å²) in [4.78, 5) is 19.7. The third-order valence-corrected chi connectivity index (χ3v) is 4.53. The second-order valence-corrected chi connectivity index (χ2v) is 6.61. The van der Waals surface area contributed by atoms with Crippen LogP contribution in [0.15, 0.2) is 54.0 Å². The van der Waals surface area contributed by atoms with Gasteiger partial charge in [0.1, 0.15) is 5.82 Å². The molecule has 0 fully saturated rings. The van der Waals surface area contributed by atoms with Gasteiger partial charge in [0.2, 0.25) is 0 Å². The molecule has 0 aliphatic heterocycles. The molecular weight excluding hydrogens is 341 g/mol. The van der Waals surface area contributed by atoms with Crippen molar-refractivity contribution in [1.82, 2.24) is 14.5 Å². The van der Waals surface area contributed by atoms with Gasteiger partial charge in [-0.15, -0.1) is 0 Å². The monoisotopic (exact) mass is 363 g/mol. The zero-order chi connectivity index (χ0) is 19.6. The van der Waals surface area contributed by atoms with E-state index in [4.69, 9.17) is 0 Å². The van der Waals surface area contributed by atoms with Gasteiger partial charge in [-0.1, -0.05) is 24.8 Å². The Labute approximate surface area is 157 Å². The van der Waals surface area contributed by atoms with E-state index < -0.39 is 0 Å². The Kier molecular flexibility index (Phi) is 5.21. The van der Waals surface area contributed by atoms with Crippen LogP contribution in [0.5, 0.6) is 0 Å². The second kappa shape index (κ2) is 7.58. The number of aryl methyl sites for hydroxylation is 3. The summed E-state index contributed by atoms with van der Waals surface area (Å²) in [6.07, 6.45) is 5.24. The number of allylic oxidation sites excluding steroid dienone is 2. The largest absolute Gasteiger partial charge is 0.326 e. The van der Waals surface area contributed by atoms with Crippen molar-refractivity contribution >= 4 is 11.6 Å². The van der Waals surface area contributed by atoms with Crippen LogP contribution >= 0.6 is 0 Å². The summed E-state index contributed by atoms with van der Waals surface area (Å²) in [5, 5.41) is 0. The molecule has 0 aliphatic rings. The molecule has 0 saturated carbocycles. The molecule has 4 nitrogen and oxygen atoms in total. The molecule has 5 heteroatoms. The molecule has 0 amide bonds. The summed E-state index contributed by atoms with van der Waals surface area (Å²) in [5.41, 5.74) is 5.38. The van der Waals surface area contributed by atoms with Crippen LogP contribution < -0.4 is 5.69 Å². The average Bonchev–Trinajstić information content (AvgIpc) is 2.87. The van der Waals surface area contributed by atoms with Crippen LogP contribution in [0.25, 0.3) is 11.6 Å². The van der Waals surface area contributed by atoms with E-state index in [2.05, 4.69) is 16.5 Å². The van der Waals surface area contributed by atoms with Crippen molar-refractivity contribution < 1.29 is 4.39 Å². The smallest absolute Gasteiger partial charge is 0.309 e. The molecule has 0 saturated heterocycles. The summed E-state index contributed by atoms with van der Waals surface area (Å²) >= 11 is 0. The van der Waals surface area contributed by atoms with Gasteiger partial charge in [-0.2, -0.15) is 0 Å². The maximum atomic E-state index is 13.8. The number of pyridine rings is 1. The van der Waals surface area contributed by atoms with Gasteiger partial charge in [-0.3, -0.25) is 9.55 Å². The van der Waals surface area contributed by atoms with Gasteiger partial charge in [0.05, 0.1) is 17.9 Å². The van der Waals surface area contributed by atoms with E-state index in [0.717, 1.165) is 39.3 Å². The lowest BCUT2D eigenvalue weighted by molar-refractivity contribution is 0.626. The van der Waals surface area contributed by atoms with E-state index in [1.54, 1.807) is 16.8 Å². The van der Waals surface area contributed by atoms with E-state index in [0.29, 0.717) is 6.54 Å². The molecule has 0 aliphatic carbocycles. The van der Waals surface area contributed by atoms with E-state index in [1.165, 1.54) is 12.1 Å². The Bertz CT molecular complexity index is 1070. The first-order chi connectivity index (χ1) is 12.9. The van der Waals surface area contributed by atoms with Crippen LogP contribution in [0.1, 0.15) is 33.8 Å². The first-order valence-corrected chi connectivity index (χ1v) is 8.70. The van der Waals surface area contributed by atoms with Crippen LogP contribution in [-0.2, 0) is 6.54 Å². The fourth-order valence-electron chi connectivity index (χ4n) is 3.09. The molecule has 0 radical (unpaired) electrons. The fraction of sp³-hybridized carbons (Fsp3) is 0.182. The summed E-state index contributed by atoms with van der Waals surface area (Å²) in [6, 6.07) is 8.67. The number of imidazole rings is 1. The van der Waals surface area contributed by atoms with Crippen molar-refractivity contribution in [2.45, 2.75) is 27.3 Å². The standard InChI is InChI=1S/C22H22FN3O/c1-5-17(18-9-14(2)10-19(23)11-18)12-21-16(4)25-22(27)26(21)13-20-15(3)7-6-8-24-20/h5-12H,1,13H2,2-4H3,(H,25,27)/b17-12+. The van der Waals surface area contributed by atoms with E-state index in [9.17, 15) is 9.18 Å². The number of aromatic amines is 1. The molecule has 27 heavy (non-hydrogen) atoms. The number of nitrogens with one attached hydrogen (secondary N) is 1. The molecule has 3 aromatic rings. The number of halogens is 1. The topological polar surface area (TPSA) is 50.7 Å². The normalized spacial score (nSPS) is 11.6. The third-order valence-electron chi connectivity index (χ3n) is 4.53. The highest BCUT2D eigenvalue weighted by Gasteiger charge is 2.13. The van der Waals surface area contributed by atoms with Crippen LogP contribution in [0.3, 0.4) is 0 Å². The van der Waals surface area contributed by atoms with Gasteiger partial charge in [0.15, 0.2) is 0 Å². The predicted octanol–water partition coefficient (Wildman–Crippen LogP) is 4.41. The SMILES string of the molecule is C=C/C(=C\c1c(C)[nH]c(=O)n1Cc1ncccc1C)c1cc(C)cc(F)c1. The van der Waals surface area contributed by atoms with Crippen LogP contribution in [-0.4, -0.2) is 14.5 Å². The second-order valence-electron chi connectivity index (χ2n) is 6.61. The number of H-pyrrole nitrogens is 1. The van der Waals surface area contributed by atoms with Gasteiger partial charge in [-0.05, 0) is 67.3 Å². The molecule has 138 valence electrons. The molecule has 0 atom stereocenters. The molecule has 1 aromatic carbocycles. The minimum atomic E-state index is -0.301. The van der Waals surface area contributed by atoms with Crippen molar-refractivity contribution in [1.29, 1.82) is 0 Å². The van der Waals surface area contributed by atoms with Crippen LogP contribution in [0.4, 0.5) is 4.39 Å². The van der Waals surface area contributed by atoms with Gasteiger partial charge in [0, 0.05) is 11.9 Å². The molecule has 0 spiro atoms. The Morgan fingerprint density at radius 2 is 2.07 bits per heavy atom. The lowest BCUT2D eigenvalue weighted by Crippen LogP contribution is -2.19. The highest BCUT2D eigenvalue weighted by atomic mass is 19.1. The lowest BCUT2D eigenvalue weighted by atomic mass is 10.0. The Balaban J connectivity index is 2.11. The molecule has 1 N–H and O–H groups in total. The Morgan fingerprint density at radius 1 is 1.30 bits per heavy atom. The van der Waals surface area contributed by atoms with E-state index >= 15 is 0 Å². The molecule has 3 rings (SSSR count). The van der Waals surface area contributed by atoms with E-state index in [1.807, 2.05) is 45.0 Å². The molecule has 2 aromatic heterocycles. The maximum absolute atomic E-state index is 13.8. The van der Waals surface area contributed by atoms with Gasteiger partial charge < -0.3 is 4.98 Å². The van der Waals surface area contributed by atoms with Crippen molar-refractivity contribution in [2.75, 3.05) is 0 Å². The highest BCUT2D eigenvalue weighted by molar-refractivity contribution is 5.87. The molecule has 0 bridgehead atoms. The number of rotatable bonds is 5. The van der Waals surface area contributed by atoms with Crippen LogP contribution in [0, 0.1) is 26.6 Å². The zero-order valence-electron chi connectivity index (χ0n) is 15.7. The van der Waals surface area contributed by atoms with Crippen LogP contribution in [0.2, 0.25) is 0 Å². The summed E-state index contributed by atoms with van der Waals surface area (Å²) < 4.78 is 15.5. The van der Waals surface area contributed by atoms with Crippen molar-refractivity contribution in [3.63, 3.8) is 0 Å². The Hall–Kier alpha value is -3.21. The summed E-state index contributed by atoms with van der Waals surface area (Å²) in [6.45, 7) is 9.86. The summed E-state index contributed by atoms with van der Waals surface area (Å²) in [5.74, 6) is -0.301. The van der Waals surface area contributed by atoms with Gasteiger partial charge in [0.25, 0.3) is 0 Å². The minimum Gasteiger partial charge on any atom is -0.309 e. The molecule has 0 unspecified atom stereocenters. The third kappa shape index (κ3) is 3.97. The minimum absolute atomic E-state index is 0.206. The first-order valence-electron chi connectivity index (χ1n) is 8.70. The van der Waals surface area contributed by atoms with Gasteiger partial charge in [-0.25, -0.2) is 9.18 Å². The first kappa shape index (κ1) is 18.6. The number of aromatic nitrogens is 3. The van der Waals surface area contributed by atoms with Crippen molar-refractivity contribution in [3.8, 4) is 0 Å². The molecule has 2 heterocycles. The van der Waals surface area contributed by atoms with Gasteiger partial charge >= 0.3 is 5.69 Å². The highest BCUT2D eigenvalue weighted by Crippen LogP contribution is 2.23. The van der Waals surface area contributed by atoms with Crippen molar-refractivity contribution in [2.24, 2.45) is 0 Å². The quantitative estimate of drug-likeness (QED) is 0.683. The number of hydrogen-bond acceptors (Lipinski definition) is 2. The van der Waals surface area contributed by atoms with Crippen molar-refractivity contribution in [3.05, 3.63) is 99.3 Å². The number of nitrogens with zero attached hydrogens (tertiary/aromatic N) is 2. The number of hydrogen-bond donors (Lipinski definition) is 1. The fourth-order valence-corrected chi connectivity index (χ4v) is 3.09.